The molecule has 6 fully saturated rings. The van der Waals surface area contributed by atoms with Crippen molar-refractivity contribution >= 4 is 0 Å². The van der Waals surface area contributed by atoms with E-state index >= 15 is 0 Å². The fraction of sp³-hybridized carbons (Fsp3) is 0.900. The summed E-state index contributed by atoms with van der Waals surface area (Å²) in [6.07, 6.45) is 15.0. The van der Waals surface area contributed by atoms with Gasteiger partial charge in [-0.15, -0.1) is 0 Å². The molecule has 6 bridgehead atoms. The molecular formula is C20H26. The fourth-order valence-electron chi connectivity index (χ4n) is 9.97. The Bertz CT molecular complexity index is 476. The van der Waals surface area contributed by atoms with Crippen molar-refractivity contribution in [2.75, 3.05) is 0 Å². The second-order valence-corrected chi connectivity index (χ2v) is 9.64. The Morgan fingerprint density at radius 2 is 1.05 bits per heavy atom. The zero-order valence-corrected chi connectivity index (χ0v) is 12.3. The minimum Gasteiger partial charge on any atom is -0.0848 e. The molecule has 0 saturated heterocycles. The van der Waals surface area contributed by atoms with E-state index in [4.69, 9.17) is 0 Å². The third kappa shape index (κ3) is 0.890. The van der Waals surface area contributed by atoms with Gasteiger partial charge in [0.2, 0.25) is 0 Å². The maximum Gasteiger partial charge on any atom is -0.0194 e. The van der Waals surface area contributed by atoms with Crippen molar-refractivity contribution in [3.63, 3.8) is 0 Å². The predicted molar refractivity (Wildman–Crippen MR) is 78.7 cm³/mol. The van der Waals surface area contributed by atoms with E-state index in [1.54, 1.807) is 38.5 Å². The molecule has 0 heteroatoms. The molecule has 0 aromatic carbocycles. The van der Waals surface area contributed by atoms with Crippen molar-refractivity contribution < 1.29 is 0 Å². The van der Waals surface area contributed by atoms with Crippen molar-refractivity contribution in [3.8, 4) is 0 Å². The van der Waals surface area contributed by atoms with Crippen LogP contribution in [0.15, 0.2) is 12.2 Å². The highest BCUT2D eigenvalue weighted by molar-refractivity contribution is 5.25. The van der Waals surface area contributed by atoms with Gasteiger partial charge in [0, 0.05) is 0 Å². The molecule has 0 spiro atoms. The van der Waals surface area contributed by atoms with Gasteiger partial charge in [-0.05, 0) is 103 Å². The van der Waals surface area contributed by atoms with Crippen molar-refractivity contribution in [3.05, 3.63) is 12.2 Å². The van der Waals surface area contributed by atoms with Crippen molar-refractivity contribution in [1.29, 1.82) is 0 Å². The molecule has 106 valence electrons. The summed E-state index contributed by atoms with van der Waals surface area (Å²) in [6.45, 7) is 0. The van der Waals surface area contributed by atoms with Gasteiger partial charge >= 0.3 is 0 Å². The van der Waals surface area contributed by atoms with Gasteiger partial charge in [0.15, 0.2) is 0 Å². The third-order valence-corrected chi connectivity index (χ3v) is 9.81. The standard InChI is InChI=1S/C20H26/c1-2-11-12(3-1)14-7-13(11)19-15-8-16(20(14)19)18-10-5-4-9(6-10)17(15)18/h4-5,9-20H,1-3,6-8H2. The van der Waals surface area contributed by atoms with Crippen molar-refractivity contribution in [2.45, 2.75) is 38.5 Å². The lowest BCUT2D eigenvalue weighted by atomic mass is 9.58. The molecule has 0 aromatic heterocycles. The van der Waals surface area contributed by atoms with Gasteiger partial charge in [-0.2, -0.15) is 0 Å². The first kappa shape index (κ1) is 10.5. The quantitative estimate of drug-likeness (QED) is 0.451. The second-order valence-electron chi connectivity index (χ2n) is 9.64. The van der Waals surface area contributed by atoms with Crippen LogP contribution in [0.4, 0.5) is 0 Å². The molecule has 0 radical (unpaired) electrons. The van der Waals surface area contributed by atoms with Crippen LogP contribution in [0.5, 0.6) is 0 Å². The van der Waals surface area contributed by atoms with Gasteiger partial charge in [-0.25, -0.2) is 0 Å². The molecule has 0 aliphatic heterocycles. The summed E-state index contributed by atoms with van der Waals surface area (Å²) in [5, 5.41) is 0. The Balaban J connectivity index is 1.35. The number of allylic oxidation sites excluding steroid dienone is 2. The van der Waals surface area contributed by atoms with E-state index < -0.39 is 0 Å². The molecule has 7 aliphatic carbocycles. The first-order chi connectivity index (χ1) is 9.92. The Labute approximate surface area is 122 Å². The summed E-state index contributed by atoms with van der Waals surface area (Å²) in [6, 6.07) is 0. The summed E-state index contributed by atoms with van der Waals surface area (Å²) in [5.74, 6) is 14.0. The zero-order chi connectivity index (χ0) is 12.6. The van der Waals surface area contributed by atoms with Gasteiger partial charge in [0.1, 0.15) is 0 Å². The molecule has 20 heavy (non-hydrogen) atoms. The average molecular weight is 266 g/mol. The van der Waals surface area contributed by atoms with Crippen molar-refractivity contribution in [1.82, 2.24) is 0 Å². The van der Waals surface area contributed by atoms with Gasteiger partial charge in [0.05, 0.1) is 0 Å². The number of hydrogen-bond donors (Lipinski definition) is 0. The second kappa shape index (κ2) is 3.08. The molecule has 0 amide bonds. The van der Waals surface area contributed by atoms with Crippen LogP contribution in [0.25, 0.3) is 0 Å². The van der Waals surface area contributed by atoms with Gasteiger partial charge in [-0.3, -0.25) is 0 Å². The Kier molecular flexibility index (Phi) is 1.61. The highest BCUT2D eigenvalue weighted by Crippen LogP contribution is 2.78. The van der Waals surface area contributed by atoms with E-state index in [1.807, 2.05) is 0 Å². The van der Waals surface area contributed by atoms with E-state index in [0.29, 0.717) is 0 Å². The summed E-state index contributed by atoms with van der Waals surface area (Å²) in [5.41, 5.74) is 0. The van der Waals surface area contributed by atoms with Crippen LogP contribution in [0.1, 0.15) is 38.5 Å². The van der Waals surface area contributed by atoms with Crippen molar-refractivity contribution in [2.24, 2.45) is 71.0 Å². The number of hydrogen-bond acceptors (Lipinski definition) is 0. The SMILES string of the molecule is C1=CC2CC1C1C3CC(C21)C1C2CC(C4CCCC42)C31. The van der Waals surface area contributed by atoms with Crippen LogP contribution in [0, 0.1) is 71.0 Å². The highest BCUT2D eigenvalue weighted by Gasteiger charge is 2.72. The van der Waals surface area contributed by atoms with Crippen LogP contribution in [-0.2, 0) is 0 Å². The van der Waals surface area contributed by atoms with E-state index in [2.05, 4.69) is 12.2 Å². The van der Waals surface area contributed by atoms with Crippen LogP contribution in [0.3, 0.4) is 0 Å². The molecule has 0 nitrogen and oxygen atoms in total. The zero-order valence-electron chi connectivity index (χ0n) is 12.3. The van der Waals surface area contributed by atoms with Crippen LogP contribution >= 0.6 is 0 Å². The smallest absolute Gasteiger partial charge is 0.0194 e. The number of rotatable bonds is 0. The normalized spacial score (nSPS) is 73.6. The Hall–Kier alpha value is -0.260. The summed E-state index contributed by atoms with van der Waals surface area (Å²) >= 11 is 0. The summed E-state index contributed by atoms with van der Waals surface area (Å²) in [4.78, 5) is 0. The molecule has 12 atom stereocenters. The first-order valence-corrected chi connectivity index (χ1v) is 9.60. The third-order valence-electron chi connectivity index (χ3n) is 9.81. The topological polar surface area (TPSA) is 0 Å². The van der Waals surface area contributed by atoms with Gasteiger partial charge < -0.3 is 0 Å². The summed E-state index contributed by atoms with van der Waals surface area (Å²) in [7, 11) is 0. The van der Waals surface area contributed by atoms with Crippen LogP contribution in [0.2, 0.25) is 0 Å². The minimum absolute atomic E-state index is 1.03. The molecule has 6 saturated carbocycles. The van der Waals surface area contributed by atoms with E-state index in [0.717, 1.165) is 23.7 Å². The highest BCUT2D eigenvalue weighted by atomic mass is 14.8. The monoisotopic (exact) mass is 266 g/mol. The lowest BCUT2D eigenvalue weighted by Gasteiger charge is -2.47. The molecule has 12 unspecified atom stereocenters. The molecule has 0 aromatic rings. The van der Waals surface area contributed by atoms with Crippen LogP contribution in [-0.4, -0.2) is 0 Å². The first-order valence-electron chi connectivity index (χ1n) is 9.60. The fourth-order valence-corrected chi connectivity index (χ4v) is 9.97. The molecule has 0 heterocycles. The molecular weight excluding hydrogens is 240 g/mol. The lowest BCUT2D eigenvalue weighted by molar-refractivity contribution is 0.00969. The maximum atomic E-state index is 2.63. The van der Waals surface area contributed by atoms with Gasteiger partial charge in [-0.1, -0.05) is 18.6 Å². The molecule has 7 aliphatic rings. The Morgan fingerprint density at radius 1 is 0.500 bits per heavy atom. The Morgan fingerprint density at radius 3 is 1.65 bits per heavy atom. The molecule has 0 N–H and O–H groups in total. The van der Waals surface area contributed by atoms with E-state index in [-0.39, 0.29) is 0 Å². The van der Waals surface area contributed by atoms with E-state index in [9.17, 15) is 0 Å². The van der Waals surface area contributed by atoms with Gasteiger partial charge in [0.25, 0.3) is 0 Å². The average Bonchev–Trinajstić information content (AvgIpc) is 3.23. The minimum atomic E-state index is 1.03. The predicted octanol–water partition coefficient (Wildman–Crippen LogP) is 4.37. The summed E-state index contributed by atoms with van der Waals surface area (Å²) < 4.78 is 0. The maximum absolute atomic E-state index is 2.63. The largest absolute Gasteiger partial charge is 0.0848 e. The lowest BCUT2D eigenvalue weighted by Crippen LogP contribution is -2.43. The van der Waals surface area contributed by atoms with E-state index in [1.165, 1.54) is 47.3 Å². The molecule has 7 rings (SSSR count). The van der Waals surface area contributed by atoms with Crippen LogP contribution < -0.4 is 0 Å². The number of fused-ring (bicyclic) bond motifs is 19.